The molecular weight excluding hydrogens is 498 g/mol. The van der Waals surface area contributed by atoms with Crippen molar-refractivity contribution in [1.82, 2.24) is 4.90 Å². The number of likely N-dealkylation sites (tertiary alicyclic amines) is 1. The molecule has 0 unspecified atom stereocenters. The quantitative estimate of drug-likeness (QED) is 0.241. The van der Waals surface area contributed by atoms with Crippen molar-refractivity contribution in [3.8, 4) is 0 Å². The molecule has 4 aromatic rings. The Kier molecular flexibility index (Phi) is 7.94. The van der Waals surface area contributed by atoms with Crippen LogP contribution in [0, 0.1) is 11.6 Å². The number of benzene rings is 4. The van der Waals surface area contributed by atoms with E-state index in [1.54, 1.807) is 0 Å². The molecule has 0 aromatic heterocycles. The summed E-state index contributed by atoms with van der Waals surface area (Å²) >= 11 is 6.27. The molecule has 1 aliphatic heterocycles. The summed E-state index contributed by atoms with van der Waals surface area (Å²) in [4.78, 5) is 2.49. The normalized spacial score (nSPS) is 15.9. The van der Waals surface area contributed by atoms with Crippen LogP contribution in [0.1, 0.15) is 41.5 Å². The molecule has 0 amide bonds. The van der Waals surface area contributed by atoms with E-state index in [1.807, 2.05) is 54.6 Å². The van der Waals surface area contributed by atoms with Crippen molar-refractivity contribution in [2.75, 3.05) is 26.2 Å². The smallest absolute Gasteiger partial charge is 0.123 e. The Bertz CT molecular complexity index is 1200. The molecule has 0 spiro atoms. The van der Waals surface area contributed by atoms with E-state index in [1.165, 1.54) is 29.8 Å². The van der Waals surface area contributed by atoms with Crippen LogP contribution in [-0.2, 0) is 10.8 Å². The molecule has 1 fully saturated rings. The molecule has 0 saturated carbocycles. The Labute approximate surface area is 229 Å². The van der Waals surface area contributed by atoms with Gasteiger partial charge in [-0.3, -0.25) is 0 Å². The highest BCUT2D eigenvalue weighted by molar-refractivity contribution is 6.30. The first-order valence-corrected chi connectivity index (χ1v) is 13.6. The first-order chi connectivity index (χ1) is 18.4. The number of hydrogen-bond acceptors (Lipinski definition) is 2. The van der Waals surface area contributed by atoms with Crippen molar-refractivity contribution in [2.24, 2.45) is 5.73 Å². The summed E-state index contributed by atoms with van der Waals surface area (Å²) in [6.07, 6.45) is 2.73. The third-order valence-corrected chi connectivity index (χ3v) is 8.66. The zero-order chi connectivity index (χ0) is 26.6. The topological polar surface area (TPSA) is 29.3 Å². The van der Waals surface area contributed by atoms with Crippen LogP contribution < -0.4 is 5.73 Å². The van der Waals surface area contributed by atoms with Crippen molar-refractivity contribution < 1.29 is 8.78 Å². The van der Waals surface area contributed by atoms with Gasteiger partial charge < -0.3 is 10.6 Å². The average molecular weight is 531 g/mol. The maximum absolute atomic E-state index is 14.0. The molecule has 2 N–H and O–H groups in total. The maximum atomic E-state index is 14.0. The molecule has 0 radical (unpaired) electrons. The van der Waals surface area contributed by atoms with Crippen LogP contribution in [0.5, 0.6) is 0 Å². The van der Waals surface area contributed by atoms with Gasteiger partial charge >= 0.3 is 0 Å². The lowest BCUT2D eigenvalue weighted by Gasteiger charge is -2.43. The molecule has 1 heterocycles. The Morgan fingerprint density at radius 3 is 1.66 bits per heavy atom. The van der Waals surface area contributed by atoms with E-state index in [2.05, 4.69) is 29.2 Å². The third kappa shape index (κ3) is 5.26. The predicted molar refractivity (Wildman–Crippen MR) is 152 cm³/mol. The molecule has 38 heavy (non-hydrogen) atoms. The van der Waals surface area contributed by atoms with Crippen LogP contribution in [0.3, 0.4) is 0 Å². The molecule has 0 atom stereocenters. The van der Waals surface area contributed by atoms with Crippen molar-refractivity contribution in [3.63, 3.8) is 0 Å². The summed E-state index contributed by atoms with van der Waals surface area (Å²) in [6.45, 7) is 3.34. The predicted octanol–water partition coefficient (Wildman–Crippen LogP) is 7.34. The van der Waals surface area contributed by atoms with Crippen LogP contribution in [0.2, 0.25) is 5.02 Å². The van der Waals surface area contributed by atoms with E-state index in [-0.39, 0.29) is 17.0 Å². The SMILES string of the molecule is NCC1(c2ccccc2)CCN(CCC(c2ccc(F)cc2)(c2ccc(F)cc2)c2ccc(Cl)cc2)CC1. The number of nitrogens with two attached hydrogens (primary N) is 1. The van der Waals surface area contributed by atoms with E-state index >= 15 is 0 Å². The van der Waals surface area contributed by atoms with Gasteiger partial charge in [0.25, 0.3) is 0 Å². The van der Waals surface area contributed by atoms with Gasteiger partial charge in [-0.1, -0.05) is 78.3 Å². The van der Waals surface area contributed by atoms with Gasteiger partial charge in [0, 0.05) is 22.4 Å². The summed E-state index contributed by atoms with van der Waals surface area (Å²) in [5, 5.41) is 0.649. The van der Waals surface area contributed by atoms with Crippen LogP contribution in [0.4, 0.5) is 8.78 Å². The minimum absolute atomic E-state index is 0.00105. The molecule has 2 nitrogen and oxygen atoms in total. The van der Waals surface area contributed by atoms with Gasteiger partial charge in [-0.2, -0.15) is 0 Å². The minimum Gasteiger partial charge on any atom is -0.330 e. The summed E-state index contributed by atoms with van der Waals surface area (Å²) in [6, 6.07) is 31.8. The van der Waals surface area contributed by atoms with Crippen LogP contribution in [-0.4, -0.2) is 31.1 Å². The molecule has 5 heteroatoms. The highest BCUT2D eigenvalue weighted by Gasteiger charge is 2.39. The summed E-state index contributed by atoms with van der Waals surface area (Å²) < 4.78 is 28.0. The van der Waals surface area contributed by atoms with Crippen molar-refractivity contribution in [1.29, 1.82) is 0 Å². The van der Waals surface area contributed by atoms with Crippen LogP contribution >= 0.6 is 11.6 Å². The van der Waals surface area contributed by atoms with Gasteiger partial charge in [0.05, 0.1) is 0 Å². The highest BCUT2D eigenvalue weighted by atomic mass is 35.5. The lowest BCUT2D eigenvalue weighted by atomic mass is 9.67. The van der Waals surface area contributed by atoms with Crippen LogP contribution in [0.25, 0.3) is 0 Å². The maximum Gasteiger partial charge on any atom is 0.123 e. The fourth-order valence-corrected chi connectivity index (χ4v) is 6.20. The molecule has 5 rings (SSSR count). The van der Waals surface area contributed by atoms with E-state index in [4.69, 9.17) is 17.3 Å². The second-order valence-corrected chi connectivity index (χ2v) is 10.8. The number of rotatable bonds is 8. The Morgan fingerprint density at radius 2 is 1.18 bits per heavy atom. The van der Waals surface area contributed by atoms with Crippen molar-refractivity contribution in [3.05, 3.63) is 142 Å². The fraction of sp³-hybridized carbons (Fsp3) is 0.273. The molecule has 1 saturated heterocycles. The summed E-state index contributed by atoms with van der Waals surface area (Å²) in [7, 11) is 0. The number of halogens is 3. The second kappa shape index (κ2) is 11.4. The monoisotopic (exact) mass is 530 g/mol. The van der Waals surface area contributed by atoms with Gasteiger partial charge in [0.15, 0.2) is 0 Å². The lowest BCUT2D eigenvalue weighted by Crippen LogP contribution is -2.47. The summed E-state index contributed by atoms with van der Waals surface area (Å²) in [5.74, 6) is -0.569. The van der Waals surface area contributed by atoms with E-state index < -0.39 is 5.41 Å². The van der Waals surface area contributed by atoms with Gasteiger partial charge in [0.2, 0.25) is 0 Å². The molecule has 196 valence electrons. The number of hydrogen-bond donors (Lipinski definition) is 1. The van der Waals surface area contributed by atoms with Crippen LogP contribution in [0.15, 0.2) is 103 Å². The first kappa shape index (κ1) is 26.6. The van der Waals surface area contributed by atoms with Gasteiger partial charge in [0.1, 0.15) is 11.6 Å². The average Bonchev–Trinajstić information content (AvgIpc) is 2.96. The fourth-order valence-electron chi connectivity index (χ4n) is 6.07. The van der Waals surface area contributed by atoms with Gasteiger partial charge in [-0.15, -0.1) is 0 Å². The Balaban J connectivity index is 1.48. The molecular formula is C33H33ClF2N2. The van der Waals surface area contributed by atoms with E-state index in [0.29, 0.717) is 11.6 Å². The Morgan fingerprint density at radius 1 is 0.711 bits per heavy atom. The van der Waals surface area contributed by atoms with Gasteiger partial charge in [-0.05, 0) is 97.5 Å². The zero-order valence-corrected chi connectivity index (χ0v) is 22.2. The van der Waals surface area contributed by atoms with Gasteiger partial charge in [-0.25, -0.2) is 8.78 Å². The molecule has 1 aliphatic rings. The molecule has 4 aromatic carbocycles. The highest BCUT2D eigenvalue weighted by Crippen LogP contribution is 2.43. The number of nitrogens with zero attached hydrogens (tertiary/aromatic N) is 1. The standard InChI is InChI=1S/C33H33ClF2N2/c34-29-12-6-26(7-13-29)33(27-8-14-30(35)15-9-27,28-10-16-31(36)17-11-28)20-23-38-21-18-32(24-37,19-22-38)25-4-2-1-3-5-25/h1-17H,18-24,37H2. The third-order valence-electron chi connectivity index (χ3n) is 8.40. The van der Waals surface area contributed by atoms with Crippen molar-refractivity contribution >= 4 is 11.6 Å². The van der Waals surface area contributed by atoms with E-state index in [0.717, 1.165) is 55.6 Å². The first-order valence-electron chi connectivity index (χ1n) is 13.2. The Hall–Kier alpha value is -3.05. The molecule has 0 bridgehead atoms. The largest absolute Gasteiger partial charge is 0.330 e. The molecule has 0 aliphatic carbocycles. The number of piperidine rings is 1. The lowest BCUT2D eigenvalue weighted by molar-refractivity contribution is 0.155. The zero-order valence-electron chi connectivity index (χ0n) is 21.4. The minimum atomic E-state index is -0.603. The summed E-state index contributed by atoms with van der Waals surface area (Å²) in [5.41, 5.74) is 10.0. The van der Waals surface area contributed by atoms with E-state index in [9.17, 15) is 8.78 Å². The second-order valence-electron chi connectivity index (χ2n) is 10.4. The van der Waals surface area contributed by atoms with Crippen molar-refractivity contribution in [2.45, 2.75) is 30.1 Å².